The highest BCUT2D eigenvalue weighted by molar-refractivity contribution is 6.42. The number of hydrogen-bond donors (Lipinski definition) is 0. The second-order valence-corrected chi connectivity index (χ2v) is 5.91. The molecule has 0 N–H and O–H groups in total. The molecule has 1 aliphatic heterocycles. The Hall–Kier alpha value is -0.990. The standard InChI is InChI=1S/C16H19Cl2NO/c1-2-13-5-3-4-10-19(13)16(20)9-7-12-6-8-14(17)15(18)11-12/h6-9,11,13H,2-5,10H2,1H3. The van der Waals surface area contributed by atoms with E-state index in [9.17, 15) is 4.79 Å². The van der Waals surface area contributed by atoms with Crippen molar-refractivity contribution in [1.29, 1.82) is 0 Å². The molecule has 0 bridgehead atoms. The number of benzene rings is 1. The van der Waals surface area contributed by atoms with Gasteiger partial charge in [-0.25, -0.2) is 0 Å². The Kier molecular flexibility index (Phi) is 5.50. The summed E-state index contributed by atoms with van der Waals surface area (Å²) >= 11 is 11.8. The minimum absolute atomic E-state index is 0.0858. The Balaban J connectivity index is 2.05. The topological polar surface area (TPSA) is 20.3 Å². The van der Waals surface area contributed by atoms with E-state index < -0.39 is 0 Å². The Morgan fingerprint density at radius 2 is 2.15 bits per heavy atom. The van der Waals surface area contributed by atoms with Gasteiger partial charge in [-0.15, -0.1) is 0 Å². The zero-order valence-corrected chi connectivity index (χ0v) is 13.1. The fraction of sp³-hybridized carbons (Fsp3) is 0.438. The fourth-order valence-corrected chi connectivity index (χ4v) is 2.90. The van der Waals surface area contributed by atoms with E-state index in [4.69, 9.17) is 23.2 Å². The number of hydrogen-bond acceptors (Lipinski definition) is 1. The average molecular weight is 312 g/mol. The van der Waals surface area contributed by atoms with Crippen LogP contribution in [0.4, 0.5) is 0 Å². The van der Waals surface area contributed by atoms with Crippen molar-refractivity contribution >= 4 is 35.2 Å². The first kappa shape index (κ1) is 15.4. The van der Waals surface area contributed by atoms with Gasteiger partial charge in [-0.1, -0.05) is 36.2 Å². The number of carbonyl (C=O) groups excluding carboxylic acids is 1. The van der Waals surface area contributed by atoms with E-state index >= 15 is 0 Å². The van der Waals surface area contributed by atoms with E-state index in [1.807, 2.05) is 11.0 Å². The normalized spacial score (nSPS) is 19.6. The van der Waals surface area contributed by atoms with E-state index in [0.29, 0.717) is 16.1 Å². The smallest absolute Gasteiger partial charge is 0.246 e. The summed E-state index contributed by atoms with van der Waals surface area (Å²) in [6, 6.07) is 5.74. The van der Waals surface area contributed by atoms with E-state index in [1.54, 1.807) is 24.3 Å². The van der Waals surface area contributed by atoms with Gasteiger partial charge in [0.15, 0.2) is 0 Å². The lowest BCUT2D eigenvalue weighted by atomic mass is 10.00. The molecule has 20 heavy (non-hydrogen) atoms. The molecule has 2 nitrogen and oxygen atoms in total. The lowest BCUT2D eigenvalue weighted by Gasteiger charge is -2.34. The fourth-order valence-electron chi connectivity index (χ4n) is 2.59. The molecule has 1 unspecified atom stereocenters. The third-order valence-corrected chi connectivity index (χ3v) is 4.48. The Morgan fingerprint density at radius 3 is 2.85 bits per heavy atom. The maximum Gasteiger partial charge on any atom is 0.246 e. The summed E-state index contributed by atoms with van der Waals surface area (Å²) < 4.78 is 0. The van der Waals surface area contributed by atoms with Crippen LogP contribution in [0.3, 0.4) is 0 Å². The van der Waals surface area contributed by atoms with E-state index in [-0.39, 0.29) is 5.91 Å². The molecule has 4 heteroatoms. The molecule has 1 atom stereocenters. The van der Waals surface area contributed by atoms with Crippen LogP contribution in [0.1, 0.15) is 38.2 Å². The quantitative estimate of drug-likeness (QED) is 0.734. The molecule has 1 heterocycles. The second kappa shape index (κ2) is 7.14. The summed E-state index contributed by atoms with van der Waals surface area (Å²) in [6.07, 6.45) is 7.89. The second-order valence-electron chi connectivity index (χ2n) is 5.10. The van der Waals surface area contributed by atoms with Gasteiger partial charge in [-0.3, -0.25) is 4.79 Å². The van der Waals surface area contributed by atoms with Gasteiger partial charge in [0.25, 0.3) is 0 Å². The minimum atomic E-state index is 0.0858. The van der Waals surface area contributed by atoms with Gasteiger partial charge in [-0.2, -0.15) is 0 Å². The lowest BCUT2D eigenvalue weighted by Crippen LogP contribution is -2.42. The highest BCUT2D eigenvalue weighted by Crippen LogP contribution is 2.24. The van der Waals surface area contributed by atoms with Crippen LogP contribution >= 0.6 is 23.2 Å². The number of nitrogens with zero attached hydrogens (tertiary/aromatic N) is 1. The van der Waals surface area contributed by atoms with Crippen molar-refractivity contribution in [1.82, 2.24) is 4.90 Å². The molecule has 1 aromatic rings. The third kappa shape index (κ3) is 3.77. The number of rotatable bonds is 3. The number of amides is 1. The highest BCUT2D eigenvalue weighted by Gasteiger charge is 2.23. The van der Waals surface area contributed by atoms with Crippen molar-refractivity contribution in [3.63, 3.8) is 0 Å². The van der Waals surface area contributed by atoms with Crippen LogP contribution in [0.15, 0.2) is 24.3 Å². The first-order valence-electron chi connectivity index (χ1n) is 7.05. The molecule has 1 amide bonds. The molecule has 1 aromatic carbocycles. The van der Waals surface area contributed by atoms with Gasteiger partial charge in [0.2, 0.25) is 5.91 Å². The van der Waals surface area contributed by atoms with Crippen molar-refractivity contribution in [3.05, 3.63) is 39.9 Å². The summed E-state index contributed by atoms with van der Waals surface area (Å²) in [7, 11) is 0. The van der Waals surface area contributed by atoms with Gasteiger partial charge in [0, 0.05) is 18.7 Å². The van der Waals surface area contributed by atoms with Crippen molar-refractivity contribution in [2.24, 2.45) is 0 Å². The third-order valence-electron chi connectivity index (χ3n) is 3.74. The van der Waals surface area contributed by atoms with Crippen LogP contribution < -0.4 is 0 Å². The van der Waals surface area contributed by atoms with Crippen molar-refractivity contribution < 1.29 is 4.79 Å². The van der Waals surface area contributed by atoms with Gasteiger partial charge < -0.3 is 4.90 Å². The number of piperidine rings is 1. The van der Waals surface area contributed by atoms with Crippen LogP contribution in [-0.4, -0.2) is 23.4 Å². The Labute approximate surface area is 130 Å². The zero-order chi connectivity index (χ0) is 14.5. The number of carbonyl (C=O) groups is 1. The molecule has 1 fully saturated rings. The van der Waals surface area contributed by atoms with Crippen LogP contribution in [-0.2, 0) is 4.79 Å². The first-order chi connectivity index (χ1) is 9.61. The predicted molar refractivity (Wildman–Crippen MR) is 85.1 cm³/mol. The van der Waals surface area contributed by atoms with Crippen molar-refractivity contribution in [3.8, 4) is 0 Å². The monoisotopic (exact) mass is 311 g/mol. The molecule has 108 valence electrons. The highest BCUT2D eigenvalue weighted by atomic mass is 35.5. The van der Waals surface area contributed by atoms with Crippen molar-refractivity contribution in [2.75, 3.05) is 6.54 Å². The molecular weight excluding hydrogens is 293 g/mol. The van der Waals surface area contributed by atoms with Gasteiger partial charge in [0.1, 0.15) is 0 Å². The number of halogens is 2. The summed E-state index contributed by atoms with van der Waals surface area (Å²) in [6.45, 7) is 3.00. The van der Waals surface area contributed by atoms with E-state index in [1.165, 1.54) is 6.42 Å². The SMILES string of the molecule is CCC1CCCCN1C(=O)C=Cc1ccc(Cl)c(Cl)c1. The maximum absolute atomic E-state index is 12.3. The maximum atomic E-state index is 12.3. The molecule has 1 saturated heterocycles. The van der Waals surface area contributed by atoms with Crippen LogP contribution in [0, 0.1) is 0 Å². The molecule has 0 aliphatic carbocycles. The Morgan fingerprint density at radius 1 is 1.35 bits per heavy atom. The molecule has 0 radical (unpaired) electrons. The van der Waals surface area contributed by atoms with Gasteiger partial charge in [0.05, 0.1) is 10.0 Å². The van der Waals surface area contributed by atoms with E-state index in [2.05, 4.69) is 6.92 Å². The molecule has 1 aliphatic rings. The largest absolute Gasteiger partial charge is 0.336 e. The molecule has 0 aromatic heterocycles. The number of likely N-dealkylation sites (tertiary alicyclic amines) is 1. The average Bonchev–Trinajstić information content (AvgIpc) is 2.48. The first-order valence-corrected chi connectivity index (χ1v) is 7.81. The van der Waals surface area contributed by atoms with Gasteiger partial charge >= 0.3 is 0 Å². The molecular formula is C16H19Cl2NO. The summed E-state index contributed by atoms with van der Waals surface area (Å²) in [4.78, 5) is 14.3. The van der Waals surface area contributed by atoms with Gasteiger partial charge in [-0.05, 0) is 49.5 Å². The summed E-state index contributed by atoms with van der Waals surface area (Å²) in [5, 5.41) is 1.03. The van der Waals surface area contributed by atoms with Crippen LogP contribution in [0.25, 0.3) is 6.08 Å². The molecule has 2 rings (SSSR count). The minimum Gasteiger partial charge on any atom is -0.336 e. The zero-order valence-electron chi connectivity index (χ0n) is 11.6. The van der Waals surface area contributed by atoms with Crippen LogP contribution in [0.5, 0.6) is 0 Å². The summed E-state index contributed by atoms with van der Waals surface area (Å²) in [5.41, 5.74) is 0.887. The predicted octanol–water partition coefficient (Wildman–Crippen LogP) is 4.80. The Bertz CT molecular complexity index is 513. The van der Waals surface area contributed by atoms with Crippen molar-refractivity contribution in [2.45, 2.75) is 38.6 Å². The van der Waals surface area contributed by atoms with E-state index in [0.717, 1.165) is 31.4 Å². The van der Waals surface area contributed by atoms with Crippen LogP contribution in [0.2, 0.25) is 10.0 Å². The lowest BCUT2D eigenvalue weighted by molar-refractivity contribution is -0.129. The molecule has 0 saturated carbocycles. The summed E-state index contributed by atoms with van der Waals surface area (Å²) in [5.74, 6) is 0.0858. The molecule has 0 spiro atoms.